The molecule has 1 aliphatic rings. The molecule has 2 amide bonds. The minimum Gasteiger partial charge on any atom is -0.353 e. The van der Waals surface area contributed by atoms with Crippen molar-refractivity contribution in [2.75, 3.05) is 36.4 Å². The number of nitrogens with zero attached hydrogens (tertiary/aromatic N) is 4. The minimum absolute atomic E-state index is 0.0677. The van der Waals surface area contributed by atoms with E-state index in [4.69, 9.17) is 0 Å². The number of amides is 2. The number of rotatable bonds is 2. The normalized spacial score (nSPS) is 14.9. The quantitative estimate of drug-likeness (QED) is 0.913. The van der Waals surface area contributed by atoms with Crippen molar-refractivity contribution in [3.63, 3.8) is 0 Å². The van der Waals surface area contributed by atoms with Gasteiger partial charge in [-0.15, -0.1) is 0 Å². The summed E-state index contributed by atoms with van der Waals surface area (Å²) in [5.41, 5.74) is 0.766. The van der Waals surface area contributed by atoms with E-state index in [0.29, 0.717) is 13.1 Å². The monoisotopic (exact) mass is 283 g/mol. The van der Waals surface area contributed by atoms with Gasteiger partial charge in [0.25, 0.3) is 0 Å². The average Bonchev–Trinajstić information content (AvgIpc) is 2.57. The number of urea groups is 1. The summed E-state index contributed by atoms with van der Waals surface area (Å²) in [4.78, 5) is 24.5. The molecule has 6 nitrogen and oxygen atoms in total. The first kappa shape index (κ1) is 13.4. The summed E-state index contributed by atoms with van der Waals surface area (Å²) in [7, 11) is 0. The van der Waals surface area contributed by atoms with Crippen molar-refractivity contribution in [3.05, 3.63) is 48.9 Å². The maximum absolute atomic E-state index is 12.2. The number of piperazine rings is 1. The van der Waals surface area contributed by atoms with Crippen LogP contribution in [0.5, 0.6) is 0 Å². The van der Waals surface area contributed by atoms with Gasteiger partial charge in [0.05, 0.1) is 0 Å². The maximum Gasteiger partial charge on any atom is 0.321 e. The second-order valence-corrected chi connectivity index (χ2v) is 4.83. The number of pyridine rings is 2. The highest BCUT2D eigenvalue weighted by molar-refractivity contribution is 5.89. The third-order valence-electron chi connectivity index (χ3n) is 3.47. The predicted octanol–water partition coefficient (Wildman–Crippen LogP) is 1.83. The first-order valence-corrected chi connectivity index (χ1v) is 6.95. The van der Waals surface area contributed by atoms with Crippen LogP contribution in [0.2, 0.25) is 0 Å². The first-order chi connectivity index (χ1) is 10.3. The Bertz CT molecular complexity index is 582. The molecule has 3 rings (SSSR count). The van der Waals surface area contributed by atoms with Crippen molar-refractivity contribution in [1.82, 2.24) is 14.9 Å². The molecule has 2 aromatic rings. The van der Waals surface area contributed by atoms with Crippen molar-refractivity contribution in [3.8, 4) is 0 Å². The molecular weight excluding hydrogens is 266 g/mol. The Hall–Kier alpha value is -2.63. The Kier molecular flexibility index (Phi) is 3.95. The zero-order valence-corrected chi connectivity index (χ0v) is 11.6. The third kappa shape index (κ3) is 3.28. The van der Waals surface area contributed by atoms with Crippen LogP contribution in [-0.2, 0) is 0 Å². The molecule has 1 fully saturated rings. The SMILES string of the molecule is O=C(Nc1ccncc1)N1CCN(c2ccccn2)CC1. The van der Waals surface area contributed by atoms with E-state index in [-0.39, 0.29) is 6.03 Å². The molecule has 3 heterocycles. The number of nitrogens with one attached hydrogen (secondary N) is 1. The van der Waals surface area contributed by atoms with Crippen LogP contribution in [0, 0.1) is 0 Å². The summed E-state index contributed by atoms with van der Waals surface area (Å²) in [6, 6.07) is 9.37. The van der Waals surface area contributed by atoms with Gasteiger partial charge in [-0.3, -0.25) is 4.98 Å². The van der Waals surface area contributed by atoms with Crippen LogP contribution in [0.15, 0.2) is 48.9 Å². The lowest BCUT2D eigenvalue weighted by Crippen LogP contribution is -2.50. The summed E-state index contributed by atoms with van der Waals surface area (Å²) in [6.45, 7) is 2.96. The second-order valence-electron chi connectivity index (χ2n) is 4.83. The van der Waals surface area contributed by atoms with Crippen molar-refractivity contribution in [2.45, 2.75) is 0 Å². The van der Waals surface area contributed by atoms with Crippen LogP contribution >= 0.6 is 0 Å². The highest BCUT2D eigenvalue weighted by Gasteiger charge is 2.21. The molecular formula is C15H17N5O. The molecule has 0 spiro atoms. The van der Waals surface area contributed by atoms with E-state index in [1.807, 2.05) is 23.1 Å². The molecule has 0 aromatic carbocycles. The first-order valence-electron chi connectivity index (χ1n) is 6.95. The van der Waals surface area contributed by atoms with Crippen molar-refractivity contribution in [2.24, 2.45) is 0 Å². The second kappa shape index (κ2) is 6.21. The molecule has 1 saturated heterocycles. The molecule has 0 atom stereocenters. The summed E-state index contributed by atoms with van der Waals surface area (Å²) in [6.07, 6.45) is 5.11. The minimum atomic E-state index is -0.0677. The largest absolute Gasteiger partial charge is 0.353 e. The molecule has 0 aliphatic carbocycles. The van der Waals surface area contributed by atoms with E-state index >= 15 is 0 Å². The van der Waals surface area contributed by atoms with Gasteiger partial charge >= 0.3 is 6.03 Å². The van der Waals surface area contributed by atoms with Gasteiger partial charge in [0.1, 0.15) is 5.82 Å². The Balaban J connectivity index is 1.55. The zero-order valence-electron chi connectivity index (χ0n) is 11.6. The topological polar surface area (TPSA) is 61.4 Å². The molecule has 1 N–H and O–H groups in total. The number of hydrogen-bond acceptors (Lipinski definition) is 4. The van der Waals surface area contributed by atoms with Crippen molar-refractivity contribution >= 4 is 17.5 Å². The van der Waals surface area contributed by atoms with E-state index in [1.165, 1.54) is 0 Å². The van der Waals surface area contributed by atoms with E-state index < -0.39 is 0 Å². The number of anilines is 2. The summed E-state index contributed by atoms with van der Waals surface area (Å²) < 4.78 is 0. The Morgan fingerprint density at radius 2 is 1.76 bits per heavy atom. The van der Waals surface area contributed by atoms with E-state index in [1.54, 1.807) is 30.7 Å². The summed E-state index contributed by atoms with van der Waals surface area (Å²) in [5.74, 6) is 0.965. The highest BCUT2D eigenvalue weighted by Crippen LogP contribution is 2.13. The van der Waals surface area contributed by atoms with Crippen LogP contribution in [-0.4, -0.2) is 47.1 Å². The maximum atomic E-state index is 12.2. The number of hydrogen-bond donors (Lipinski definition) is 1. The van der Waals surface area contributed by atoms with Gasteiger partial charge in [-0.25, -0.2) is 9.78 Å². The van der Waals surface area contributed by atoms with Crippen LogP contribution < -0.4 is 10.2 Å². The molecule has 6 heteroatoms. The molecule has 0 bridgehead atoms. The van der Waals surface area contributed by atoms with Crippen LogP contribution in [0.4, 0.5) is 16.3 Å². The molecule has 108 valence electrons. The van der Waals surface area contributed by atoms with E-state index in [2.05, 4.69) is 20.2 Å². The Morgan fingerprint density at radius 1 is 1.00 bits per heavy atom. The zero-order chi connectivity index (χ0) is 14.5. The van der Waals surface area contributed by atoms with Gasteiger partial charge in [0.2, 0.25) is 0 Å². The Labute approximate surface area is 123 Å². The van der Waals surface area contributed by atoms with Gasteiger partial charge in [0, 0.05) is 50.5 Å². The smallest absolute Gasteiger partial charge is 0.321 e. The fraction of sp³-hybridized carbons (Fsp3) is 0.267. The lowest BCUT2D eigenvalue weighted by atomic mass is 10.3. The molecule has 0 unspecified atom stereocenters. The van der Waals surface area contributed by atoms with Gasteiger partial charge in [-0.1, -0.05) is 6.07 Å². The summed E-state index contributed by atoms with van der Waals surface area (Å²) >= 11 is 0. The van der Waals surface area contributed by atoms with E-state index in [9.17, 15) is 4.79 Å². The van der Waals surface area contributed by atoms with Crippen LogP contribution in [0.25, 0.3) is 0 Å². The number of carbonyl (C=O) groups is 1. The third-order valence-corrected chi connectivity index (χ3v) is 3.47. The standard InChI is InChI=1S/C15H17N5O/c21-15(18-13-4-7-16-8-5-13)20-11-9-19(10-12-20)14-3-1-2-6-17-14/h1-8H,9-12H2,(H,16,18,21). The fourth-order valence-electron chi connectivity index (χ4n) is 2.32. The number of carbonyl (C=O) groups excluding carboxylic acids is 1. The van der Waals surface area contributed by atoms with Crippen LogP contribution in [0.1, 0.15) is 0 Å². The molecule has 0 saturated carbocycles. The summed E-state index contributed by atoms with van der Waals surface area (Å²) in [5, 5.41) is 2.88. The van der Waals surface area contributed by atoms with Crippen molar-refractivity contribution < 1.29 is 4.79 Å². The lowest BCUT2D eigenvalue weighted by Gasteiger charge is -2.35. The van der Waals surface area contributed by atoms with Gasteiger partial charge in [0.15, 0.2) is 0 Å². The fourth-order valence-corrected chi connectivity index (χ4v) is 2.32. The molecule has 21 heavy (non-hydrogen) atoms. The van der Waals surface area contributed by atoms with Gasteiger partial charge in [-0.05, 0) is 24.3 Å². The van der Waals surface area contributed by atoms with E-state index in [0.717, 1.165) is 24.6 Å². The predicted molar refractivity (Wildman–Crippen MR) is 81.3 cm³/mol. The van der Waals surface area contributed by atoms with Gasteiger partial charge in [-0.2, -0.15) is 0 Å². The molecule has 1 aliphatic heterocycles. The average molecular weight is 283 g/mol. The van der Waals surface area contributed by atoms with Gasteiger partial charge < -0.3 is 15.1 Å². The molecule has 2 aromatic heterocycles. The Morgan fingerprint density at radius 3 is 2.43 bits per heavy atom. The molecule has 0 radical (unpaired) electrons. The van der Waals surface area contributed by atoms with Crippen LogP contribution in [0.3, 0.4) is 0 Å². The number of aromatic nitrogens is 2. The lowest BCUT2D eigenvalue weighted by molar-refractivity contribution is 0.208. The van der Waals surface area contributed by atoms with Crippen molar-refractivity contribution in [1.29, 1.82) is 0 Å². The highest BCUT2D eigenvalue weighted by atomic mass is 16.2.